The second-order valence-electron chi connectivity index (χ2n) is 5.40. The lowest BCUT2D eigenvalue weighted by Crippen LogP contribution is -2.24. The van der Waals surface area contributed by atoms with E-state index in [0.717, 1.165) is 16.9 Å². The first-order valence-electron chi connectivity index (χ1n) is 7.63. The van der Waals surface area contributed by atoms with Crippen LogP contribution in [0, 0.1) is 0 Å². The van der Waals surface area contributed by atoms with Crippen molar-refractivity contribution in [2.24, 2.45) is 0 Å². The molecule has 1 amide bonds. The molecular formula is C18H18ClNO4. The van der Waals surface area contributed by atoms with E-state index in [1.165, 1.54) is 0 Å². The minimum atomic E-state index is -0.0847. The highest BCUT2D eigenvalue weighted by Gasteiger charge is 2.17. The molecule has 3 rings (SSSR count). The average Bonchev–Trinajstić information content (AvgIpc) is 2.60. The van der Waals surface area contributed by atoms with Gasteiger partial charge in [-0.1, -0.05) is 23.7 Å². The monoisotopic (exact) mass is 347 g/mol. The number of rotatable bonds is 5. The Bertz CT molecular complexity index is 731. The van der Waals surface area contributed by atoms with Gasteiger partial charge in [-0.3, -0.25) is 4.79 Å². The van der Waals surface area contributed by atoms with Crippen molar-refractivity contribution in [3.05, 3.63) is 52.5 Å². The number of carbonyl (C=O) groups excluding carboxylic acids is 1. The Labute approximate surface area is 145 Å². The number of benzene rings is 2. The third kappa shape index (κ3) is 3.92. The molecule has 0 fully saturated rings. The van der Waals surface area contributed by atoms with E-state index in [4.69, 9.17) is 25.8 Å². The van der Waals surface area contributed by atoms with Crippen molar-refractivity contribution in [1.29, 1.82) is 0 Å². The van der Waals surface area contributed by atoms with Gasteiger partial charge in [-0.2, -0.15) is 0 Å². The number of halogens is 1. The van der Waals surface area contributed by atoms with Crippen LogP contribution in [0.5, 0.6) is 17.2 Å². The maximum Gasteiger partial charge on any atom is 0.224 e. The first-order chi connectivity index (χ1) is 11.7. The number of hydrogen-bond acceptors (Lipinski definition) is 4. The Morgan fingerprint density at radius 2 is 1.92 bits per heavy atom. The molecule has 24 heavy (non-hydrogen) atoms. The van der Waals surface area contributed by atoms with Crippen LogP contribution in [0.25, 0.3) is 0 Å². The molecule has 0 saturated heterocycles. The fraction of sp³-hybridized carbons (Fsp3) is 0.278. The van der Waals surface area contributed by atoms with E-state index in [9.17, 15) is 4.79 Å². The molecule has 0 radical (unpaired) electrons. The van der Waals surface area contributed by atoms with Gasteiger partial charge < -0.3 is 19.5 Å². The smallest absolute Gasteiger partial charge is 0.224 e. The van der Waals surface area contributed by atoms with Gasteiger partial charge in [-0.25, -0.2) is 0 Å². The number of hydrogen-bond donors (Lipinski definition) is 1. The summed E-state index contributed by atoms with van der Waals surface area (Å²) >= 11 is 6.18. The number of ether oxygens (including phenoxy) is 3. The highest BCUT2D eigenvalue weighted by molar-refractivity contribution is 6.32. The standard InChI is InChI=1S/C18H18ClNO4/c1-22-14-4-2-12(3-5-14)11-20-17(21)10-13-8-15(19)18-16(9-13)23-6-7-24-18/h2-5,8-9H,6-7,10-11H2,1H3,(H,20,21). The predicted molar refractivity (Wildman–Crippen MR) is 91.0 cm³/mol. The number of nitrogens with one attached hydrogen (secondary N) is 1. The van der Waals surface area contributed by atoms with Gasteiger partial charge in [-0.15, -0.1) is 0 Å². The zero-order valence-corrected chi connectivity index (χ0v) is 14.1. The van der Waals surface area contributed by atoms with Crippen molar-refractivity contribution in [3.63, 3.8) is 0 Å². The molecule has 0 spiro atoms. The lowest BCUT2D eigenvalue weighted by molar-refractivity contribution is -0.120. The molecule has 0 bridgehead atoms. The van der Waals surface area contributed by atoms with Gasteiger partial charge in [0.2, 0.25) is 5.91 Å². The molecule has 1 heterocycles. The Morgan fingerprint density at radius 3 is 2.67 bits per heavy atom. The van der Waals surface area contributed by atoms with Crippen LogP contribution in [0.2, 0.25) is 5.02 Å². The van der Waals surface area contributed by atoms with Gasteiger partial charge in [0.05, 0.1) is 18.6 Å². The van der Waals surface area contributed by atoms with Crippen LogP contribution in [0.15, 0.2) is 36.4 Å². The lowest BCUT2D eigenvalue weighted by Gasteiger charge is -2.20. The summed E-state index contributed by atoms with van der Waals surface area (Å²) in [6, 6.07) is 11.1. The summed E-state index contributed by atoms with van der Waals surface area (Å²) in [4.78, 5) is 12.1. The largest absolute Gasteiger partial charge is 0.497 e. The van der Waals surface area contributed by atoms with Crippen LogP contribution < -0.4 is 19.5 Å². The van der Waals surface area contributed by atoms with E-state index in [1.807, 2.05) is 24.3 Å². The van der Waals surface area contributed by atoms with Crippen LogP contribution in [0.4, 0.5) is 0 Å². The van der Waals surface area contributed by atoms with Crippen molar-refractivity contribution in [2.45, 2.75) is 13.0 Å². The molecule has 2 aromatic rings. The summed E-state index contributed by atoms with van der Waals surface area (Å²) in [5.74, 6) is 1.84. The molecule has 1 aliphatic rings. The minimum absolute atomic E-state index is 0.0847. The number of fused-ring (bicyclic) bond motifs is 1. The Kier molecular flexibility index (Phi) is 5.11. The third-order valence-electron chi connectivity index (χ3n) is 3.67. The van der Waals surface area contributed by atoms with Crippen LogP contribution in [0.1, 0.15) is 11.1 Å². The molecule has 0 unspecified atom stereocenters. The molecule has 0 aromatic heterocycles. The minimum Gasteiger partial charge on any atom is -0.497 e. The van der Waals surface area contributed by atoms with E-state index in [-0.39, 0.29) is 12.3 Å². The van der Waals surface area contributed by atoms with Crippen molar-refractivity contribution in [2.75, 3.05) is 20.3 Å². The van der Waals surface area contributed by atoms with Gasteiger partial charge >= 0.3 is 0 Å². The topological polar surface area (TPSA) is 56.8 Å². The summed E-state index contributed by atoms with van der Waals surface area (Å²) in [7, 11) is 1.62. The van der Waals surface area contributed by atoms with Gasteiger partial charge in [0.25, 0.3) is 0 Å². The molecule has 0 atom stereocenters. The van der Waals surface area contributed by atoms with E-state index in [0.29, 0.717) is 36.3 Å². The zero-order chi connectivity index (χ0) is 16.9. The summed E-state index contributed by atoms with van der Waals surface area (Å²) in [6.07, 6.45) is 0.229. The van der Waals surface area contributed by atoms with Gasteiger partial charge in [-0.05, 0) is 35.4 Å². The summed E-state index contributed by atoms with van der Waals surface area (Å²) < 4.78 is 16.1. The van der Waals surface area contributed by atoms with Crippen molar-refractivity contribution >= 4 is 17.5 Å². The van der Waals surface area contributed by atoms with Crippen LogP contribution in [-0.4, -0.2) is 26.2 Å². The first kappa shape index (κ1) is 16.5. The Balaban J connectivity index is 1.59. The molecule has 0 aliphatic carbocycles. The summed E-state index contributed by atoms with van der Waals surface area (Å²) in [5, 5.41) is 3.35. The van der Waals surface area contributed by atoms with Crippen molar-refractivity contribution in [1.82, 2.24) is 5.32 Å². The molecule has 126 valence electrons. The fourth-order valence-corrected chi connectivity index (χ4v) is 2.75. The maximum atomic E-state index is 12.1. The quantitative estimate of drug-likeness (QED) is 0.903. The second-order valence-corrected chi connectivity index (χ2v) is 5.81. The van der Waals surface area contributed by atoms with Crippen LogP contribution in [0.3, 0.4) is 0 Å². The average molecular weight is 348 g/mol. The van der Waals surface area contributed by atoms with E-state index >= 15 is 0 Å². The maximum absolute atomic E-state index is 12.1. The zero-order valence-electron chi connectivity index (χ0n) is 13.3. The highest BCUT2D eigenvalue weighted by Crippen LogP contribution is 2.38. The second kappa shape index (κ2) is 7.45. The molecule has 1 aliphatic heterocycles. The molecule has 5 nitrogen and oxygen atoms in total. The van der Waals surface area contributed by atoms with E-state index in [1.54, 1.807) is 19.2 Å². The summed E-state index contributed by atoms with van der Waals surface area (Å²) in [5.41, 5.74) is 1.79. The SMILES string of the molecule is COc1ccc(CNC(=O)Cc2cc(Cl)c3c(c2)OCCO3)cc1. The number of carbonyl (C=O) groups is 1. The van der Waals surface area contributed by atoms with E-state index < -0.39 is 0 Å². The van der Waals surface area contributed by atoms with Crippen molar-refractivity contribution in [3.8, 4) is 17.2 Å². The van der Waals surface area contributed by atoms with E-state index in [2.05, 4.69) is 5.32 Å². The number of amides is 1. The van der Waals surface area contributed by atoms with Gasteiger partial charge in [0, 0.05) is 6.54 Å². The third-order valence-corrected chi connectivity index (χ3v) is 3.95. The molecule has 1 N–H and O–H groups in total. The predicted octanol–water partition coefficient (Wildman–Crippen LogP) is 2.98. The number of methoxy groups -OCH3 is 1. The molecule has 6 heteroatoms. The highest BCUT2D eigenvalue weighted by atomic mass is 35.5. The lowest BCUT2D eigenvalue weighted by atomic mass is 10.1. The van der Waals surface area contributed by atoms with Gasteiger partial charge in [0.15, 0.2) is 11.5 Å². The van der Waals surface area contributed by atoms with Gasteiger partial charge in [0.1, 0.15) is 19.0 Å². The molecular weight excluding hydrogens is 330 g/mol. The van der Waals surface area contributed by atoms with Crippen molar-refractivity contribution < 1.29 is 19.0 Å². The van der Waals surface area contributed by atoms with Crippen LogP contribution >= 0.6 is 11.6 Å². The molecule has 2 aromatic carbocycles. The Hall–Kier alpha value is -2.40. The first-order valence-corrected chi connectivity index (χ1v) is 8.01. The fourth-order valence-electron chi connectivity index (χ4n) is 2.46. The molecule has 0 saturated carbocycles. The van der Waals surface area contributed by atoms with Crippen LogP contribution in [-0.2, 0) is 17.8 Å². The Morgan fingerprint density at radius 1 is 1.17 bits per heavy atom. The normalized spacial score (nSPS) is 12.6. The summed E-state index contributed by atoms with van der Waals surface area (Å²) in [6.45, 7) is 1.42.